The number of fused-ring (bicyclic) bond motifs is 1. The van der Waals surface area contributed by atoms with Crippen LogP contribution in [0.1, 0.15) is 11.3 Å². The summed E-state index contributed by atoms with van der Waals surface area (Å²) in [5.41, 5.74) is -1.42. The molecule has 86 valence electrons. The summed E-state index contributed by atoms with van der Waals surface area (Å²) in [5, 5.41) is 3.79. The lowest BCUT2D eigenvalue weighted by molar-refractivity contribution is -0.136. The third-order valence-electron chi connectivity index (χ3n) is 2.31. The van der Waals surface area contributed by atoms with Gasteiger partial charge in [-0.3, -0.25) is 9.48 Å². The number of pyridine rings is 1. The Labute approximate surface area is 87.7 Å². The third-order valence-corrected chi connectivity index (χ3v) is 2.31. The maximum absolute atomic E-state index is 12.7. The number of hydrogen-bond donors (Lipinski definition) is 1. The molecule has 2 aromatic heterocycles. The molecule has 2 heterocycles. The van der Waals surface area contributed by atoms with E-state index in [1.54, 1.807) is 0 Å². The molecule has 2 rings (SSSR count). The van der Waals surface area contributed by atoms with Gasteiger partial charge in [-0.2, -0.15) is 18.3 Å². The Kier molecular flexibility index (Phi) is 2.08. The second-order valence-corrected chi connectivity index (χ2v) is 3.48. The van der Waals surface area contributed by atoms with Gasteiger partial charge < -0.3 is 4.98 Å². The molecule has 0 radical (unpaired) electrons. The second kappa shape index (κ2) is 3.10. The zero-order valence-corrected chi connectivity index (χ0v) is 8.51. The van der Waals surface area contributed by atoms with Gasteiger partial charge in [0.1, 0.15) is 5.65 Å². The van der Waals surface area contributed by atoms with Gasteiger partial charge in [0.05, 0.1) is 16.6 Å². The molecule has 0 aliphatic carbocycles. The largest absolute Gasteiger partial charge is 0.417 e. The molecule has 0 spiro atoms. The van der Waals surface area contributed by atoms with Gasteiger partial charge in [0, 0.05) is 13.1 Å². The molecule has 0 amide bonds. The first kappa shape index (κ1) is 10.7. The van der Waals surface area contributed by atoms with Crippen molar-refractivity contribution < 1.29 is 13.2 Å². The SMILES string of the molecule is Cc1nn(C)c2[nH]c(=O)cc(C(F)(F)F)c12. The first-order chi connectivity index (χ1) is 7.30. The summed E-state index contributed by atoms with van der Waals surface area (Å²) in [4.78, 5) is 13.5. The van der Waals surface area contributed by atoms with Crippen LogP contribution in [0.3, 0.4) is 0 Å². The van der Waals surface area contributed by atoms with Gasteiger partial charge in [-0.15, -0.1) is 0 Å². The number of rotatable bonds is 0. The monoisotopic (exact) mass is 231 g/mol. The molecular weight excluding hydrogens is 223 g/mol. The summed E-state index contributed by atoms with van der Waals surface area (Å²) in [6.45, 7) is 1.47. The van der Waals surface area contributed by atoms with Gasteiger partial charge >= 0.3 is 6.18 Å². The number of alkyl halides is 3. The predicted octanol–water partition coefficient (Wildman–Crippen LogP) is 1.59. The first-order valence-electron chi connectivity index (χ1n) is 4.44. The lowest BCUT2D eigenvalue weighted by Gasteiger charge is -2.07. The van der Waals surface area contributed by atoms with E-state index in [9.17, 15) is 18.0 Å². The number of halogens is 3. The molecule has 0 aliphatic rings. The van der Waals surface area contributed by atoms with Crippen molar-refractivity contribution in [1.82, 2.24) is 14.8 Å². The van der Waals surface area contributed by atoms with E-state index in [4.69, 9.17) is 0 Å². The number of H-pyrrole nitrogens is 1. The third kappa shape index (κ3) is 1.48. The fraction of sp³-hybridized carbons (Fsp3) is 0.333. The molecule has 16 heavy (non-hydrogen) atoms. The molecule has 0 bridgehead atoms. The molecule has 0 fully saturated rings. The van der Waals surface area contributed by atoms with Gasteiger partial charge in [0.25, 0.3) is 0 Å². The van der Waals surface area contributed by atoms with Gasteiger partial charge in [-0.1, -0.05) is 0 Å². The first-order valence-corrected chi connectivity index (χ1v) is 4.44. The Morgan fingerprint density at radius 3 is 2.62 bits per heavy atom. The fourth-order valence-electron chi connectivity index (χ4n) is 1.70. The smallest absolute Gasteiger partial charge is 0.307 e. The minimum absolute atomic E-state index is 0.0606. The van der Waals surface area contributed by atoms with Crippen molar-refractivity contribution in [2.45, 2.75) is 13.1 Å². The zero-order chi connectivity index (χ0) is 12.1. The number of aromatic nitrogens is 3. The summed E-state index contributed by atoms with van der Waals surface area (Å²) < 4.78 is 39.3. The van der Waals surface area contributed by atoms with Crippen molar-refractivity contribution in [3.05, 3.63) is 27.7 Å². The number of hydrogen-bond acceptors (Lipinski definition) is 2. The quantitative estimate of drug-likeness (QED) is 0.748. The van der Waals surface area contributed by atoms with Crippen LogP contribution in [-0.2, 0) is 13.2 Å². The van der Waals surface area contributed by atoms with Crippen LogP contribution in [0.15, 0.2) is 10.9 Å². The van der Waals surface area contributed by atoms with E-state index in [0.717, 1.165) is 0 Å². The Bertz CT molecular complexity index is 609. The molecule has 0 saturated carbocycles. The summed E-state index contributed by atoms with van der Waals surface area (Å²) >= 11 is 0. The Hall–Kier alpha value is -1.79. The van der Waals surface area contributed by atoms with Crippen LogP contribution in [0.5, 0.6) is 0 Å². The van der Waals surface area contributed by atoms with Crippen LogP contribution in [0.4, 0.5) is 13.2 Å². The van der Waals surface area contributed by atoms with Crippen molar-refractivity contribution in [3.8, 4) is 0 Å². The van der Waals surface area contributed by atoms with Crippen LogP contribution in [0.2, 0.25) is 0 Å². The zero-order valence-electron chi connectivity index (χ0n) is 8.51. The maximum Gasteiger partial charge on any atom is 0.417 e. The van der Waals surface area contributed by atoms with Gasteiger partial charge in [0.2, 0.25) is 5.56 Å². The highest BCUT2D eigenvalue weighted by molar-refractivity contribution is 5.82. The second-order valence-electron chi connectivity index (χ2n) is 3.48. The summed E-state index contributed by atoms with van der Waals surface area (Å²) in [6.07, 6.45) is -4.56. The molecule has 0 unspecified atom stereocenters. The van der Waals surface area contributed by atoms with Crippen molar-refractivity contribution >= 4 is 11.0 Å². The Morgan fingerprint density at radius 2 is 2.06 bits per heavy atom. The minimum Gasteiger partial charge on any atom is -0.307 e. The number of nitrogens with one attached hydrogen (secondary N) is 1. The predicted molar refractivity (Wildman–Crippen MR) is 51.1 cm³/mol. The van der Waals surface area contributed by atoms with E-state index in [-0.39, 0.29) is 16.7 Å². The number of aromatic amines is 1. The van der Waals surface area contributed by atoms with Crippen LogP contribution in [-0.4, -0.2) is 14.8 Å². The minimum atomic E-state index is -4.56. The van der Waals surface area contributed by atoms with Crippen molar-refractivity contribution in [1.29, 1.82) is 0 Å². The topological polar surface area (TPSA) is 50.7 Å². The molecule has 4 nitrogen and oxygen atoms in total. The lowest BCUT2D eigenvalue weighted by atomic mass is 10.1. The molecule has 7 heteroatoms. The van der Waals surface area contributed by atoms with Gasteiger partial charge in [0.15, 0.2) is 0 Å². The highest BCUT2D eigenvalue weighted by Crippen LogP contribution is 2.34. The fourth-order valence-corrected chi connectivity index (χ4v) is 1.70. The van der Waals surface area contributed by atoms with E-state index >= 15 is 0 Å². The van der Waals surface area contributed by atoms with E-state index in [1.165, 1.54) is 18.7 Å². The van der Waals surface area contributed by atoms with E-state index in [2.05, 4.69) is 10.1 Å². The van der Waals surface area contributed by atoms with E-state index < -0.39 is 17.3 Å². The van der Waals surface area contributed by atoms with E-state index in [1.807, 2.05) is 0 Å². The van der Waals surface area contributed by atoms with Gasteiger partial charge in [-0.05, 0) is 6.92 Å². The molecule has 0 aromatic carbocycles. The average Bonchev–Trinajstić information content (AvgIpc) is 2.40. The van der Waals surface area contributed by atoms with Crippen LogP contribution >= 0.6 is 0 Å². The highest BCUT2D eigenvalue weighted by atomic mass is 19.4. The molecule has 0 atom stereocenters. The molecule has 0 aliphatic heterocycles. The van der Waals surface area contributed by atoms with Gasteiger partial charge in [-0.25, -0.2) is 0 Å². The number of nitrogens with zero attached hydrogens (tertiary/aromatic N) is 2. The van der Waals surface area contributed by atoms with E-state index in [0.29, 0.717) is 6.07 Å². The summed E-state index contributed by atoms with van der Waals surface area (Å²) in [7, 11) is 1.48. The van der Waals surface area contributed by atoms with Crippen LogP contribution in [0, 0.1) is 6.92 Å². The molecule has 2 aromatic rings. The normalized spacial score (nSPS) is 12.3. The van der Waals surface area contributed by atoms with Crippen molar-refractivity contribution in [3.63, 3.8) is 0 Å². The van der Waals surface area contributed by atoms with Crippen molar-refractivity contribution in [2.75, 3.05) is 0 Å². The summed E-state index contributed by atoms with van der Waals surface area (Å²) in [6, 6.07) is 0.553. The average molecular weight is 231 g/mol. The molecule has 1 N–H and O–H groups in total. The maximum atomic E-state index is 12.7. The lowest BCUT2D eigenvalue weighted by Crippen LogP contribution is -2.14. The highest BCUT2D eigenvalue weighted by Gasteiger charge is 2.34. The molecule has 0 saturated heterocycles. The standard InChI is InChI=1S/C9H8F3N3O/c1-4-7-5(9(10,11)12)3-6(16)13-8(7)15(2)14-4/h3H,1-2H3,(H,13,16). The van der Waals surface area contributed by atoms with Crippen LogP contribution < -0.4 is 5.56 Å². The number of aryl methyl sites for hydroxylation is 2. The summed E-state index contributed by atoms with van der Waals surface area (Å²) in [5.74, 6) is 0. The van der Waals surface area contributed by atoms with Crippen molar-refractivity contribution in [2.24, 2.45) is 7.05 Å². The molecular formula is C9H8F3N3O. The van der Waals surface area contributed by atoms with Crippen LogP contribution in [0.25, 0.3) is 11.0 Å². The Morgan fingerprint density at radius 1 is 1.44 bits per heavy atom. The Balaban J connectivity index is 2.98.